The molecule has 294 valence electrons. The predicted molar refractivity (Wildman–Crippen MR) is 259 cm³/mol. The molecule has 1 aliphatic rings. The van der Waals surface area contributed by atoms with E-state index < -0.39 is 5.41 Å². The van der Waals surface area contributed by atoms with Gasteiger partial charge in [0, 0.05) is 16.7 Å². The molecule has 1 aromatic heterocycles. The number of rotatable bonds is 7. The monoisotopic (exact) mass is 801 g/mol. The Morgan fingerprint density at radius 1 is 0.270 bits per heavy atom. The highest BCUT2D eigenvalue weighted by Crippen LogP contribution is 2.58. The first-order valence-corrected chi connectivity index (χ1v) is 21.5. The van der Waals surface area contributed by atoms with Crippen molar-refractivity contribution in [3.05, 3.63) is 259 Å². The molecule has 0 radical (unpaired) electrons. The fraction of sp³-hybridized carbons (Fsp3) is 0.0167. The number of fused-ring (bicyclic) bond motifs is 5. The molecule has 3 nitrogen and oxygen atoms in total. The van der Waals surface area contributed by atoms with Gasteiger partial charge in [-0.1, -0.05) is 224 Å². The van der Waals surface area contributed by atoms with Gasteiger partial charge in [-0.15, -0.1) is 0 Å². The molecule has 0 spiro atoms. The van der Waals surface area contributed by atoms with Crippen molar-refractivity contribution in [2.24, 2.45) is 0 Å². The lowest BCUT2D eigenvalue weighted by atomic mass is 9.67. The molecule has 0 fully saturated rings. The van der Waals surface area contributed by atoms with Gasteiger partial charge in [-0.2, -0.15) is 0 Å². The standard InChI is InChI=1S/C60H39N3/c1-5-18-40(19-6-1)51-37-36-41-20-13-14-27-49(41)56(51)59-62-57(42-21-7-2-8-22-42)61-58(63-59)46-35-33-43-38-45(34-32-44(43)39-46)50-29-17-31-54-55(50)52-28-15-16-30-53(52)60(54,47-23-9-3-10-24-47)48-25-11-4-12-26-48/h1-39H. The van der Waals surface area contributed by atoms with Gasteiger partial charge in [-0.25, -0.2) is 15.0 Å². The zero-order valence-corrected chi connectivity index (χ0v) is 34.4. The first-order valence-electron chi connectivity index (χ1n) is 21.5. The van der Waals surface area contributed by atoms with Gasteiger partial charge < -0.3 is 0 Å². The second kappa shape index (κ2) is 15.0. The van der Waals surface area contributed by atoms with Crippen molar-refractivity contribution >= 4 is 21.5 Å². The Labute approximate surface area is 366 Å². The molecule has 63 heavy (non-hydrogen) atoms. The van der Waals surface area contributed by atoms with Crippen molar-refractivity contribution in [2.75, 3.05) is 0 Å². The van der Waals surface area contributed by atoms with Crippen LogP contribution < -0.4 is 0 Å². The Morgan fingerprint density at radius 2 is 0.762 bits per heavy atom. The minimum absolute atomic E-state index is 0.452. The number of hydrogen-bond acceptors (Lipinski definition) is 3. The van der Waals surface area contributed by atoms with Gasteiger partial charge in [0.15, 0.2) is 17.5 Å². The second-order valence-corrected chi connectivity index (χ2v) is 16.3. The highest BCUT2D eigenvalue weighted by Gasteiger charge is 2.46. The van der Waals surface area contributed by atoms with Crippen LogP contribution in [0.3, 0.4) is 0 Å². The number of hydrogen-bond donors (Lipinski definition) is 0. The minimum atomic E-state index is -0.452. The third-order valence-corrected chi connectivity index (χ3v) is 12.8. The maximum atomic E-state index is 5.31. The molecule has 0 amide bonds. The van der Waals surface area contributed by atoms with Crippen LogP contribution >= 0.6 is 0 Å². The van der Waals surface area contributed by atoms with Crippen molar-refractivity contribution in [3.63, 3.8) is 0 Å². The summed E-state index contributed by atoms with van der Waals surface area (Å²) < 4.78 is 0. The summed E-state index contributed by atoms with van der Waals surface area (Å²) in [5.74, 6) is 1.91. The summed E-state index contributed by atoms with van der Waals surface area (Å²) in [6.07, 6.45) is 0. The highest BCUT2D eigenvalue weighted by atomic mass is 15.0. The van der Waals surface area contributed by atoms with Gasteiger partial charge in [0.05, 0.1) is 5.41 Å². The largest absolute Gasteiger partial charge is 0.208 e. The van der Waals surface area contributed by atoms with Gasteiger partial charge in [-0.05, 0) is 89.3 Å². The van der Waals surface area contributed by atoms with Crippen LogP contribution in [0.25, 0.3) is 89.1 Å². The molecule has 0 saturated carbocycles. The quantitative estimate of drug-likeness (QED) is 0.161. The molecule has 3 heteroatoms. The van der Waals surface area contributed by atoms with E-state index in [9.17, 15) is 0 Å². The van der Waals surface area contributed by atoms with E-state index in [2.05, 4.69) is 218 Å². The first kappa shape index (κ1) is 36.6. The van der Waals surface area contributed by atoms with Gasteiger partial charge in [0.2, 0.25) is 0 Å². The zero-order valence-electron chi connectivity index (χ0n) is 34.4. The van der Waals surface area contributed by atoms with Crippen LogP contribution in [0.2, 0.25) is 0 Å². The molecule has 10 aromatic carbocycles. The van der Waals surface area contributed by atoms with Gasteiger partial charge in [0.1, 0.15) is 0 Å². The fourth-order valence-electron chi connectivity index (χ4n) is 9.99. The minimum Gasteiger partial charge on any atom is -0.208 e. The molecule has 0 N–H and O–H groups in total. The predicted octanol–water partition coefficient (Wildman–Crippen LogP) is 14.9. The van der Waals surface area contributed by atoms with E-state index in [0.29, 0.717) is 17.5 Å². The van der Waals surface area contributed by atoms with Gasteiger partial charge in [0.25, 0.3) is 0 Å². The summed E-state index contributed by atoms with van der Waals surface area (Å²) in [6.45, 7) is 0. The van der Waals surface area contributed by atoms with E-state index in [0.717, 1.165) is 49.4 Å². The Morgan fingerprint density at radius 3 is 1.48 bits per heavy atom. The van der Waals surface area contributed by atoms with Crippen molar-refractivity contribution in [2.45, 2.75) is 5.41 Å². The van der Waals surface area contributed by atoms with Crippen LogP contribution in [0.5, 0.6) is 0 Å². The maximum absolute atomic E-state index is 5.31. The summed E-state index contributed by atoms with van der Waals surface area (Å²) in [6, 6.07) is 84.8. The molecule has 1 heterocycles. The highest BCUT2D eigenvalue weighted by molar-refractivity contribution is 6.03. The molecule has 0 unspecified atom stereocenters. The average Bonchev–Trinajstić information content (AvgIpc) is 3.68. The van der Waals surface area contributed by atoms with Gasteiger partial charge >= 0.3 is 0 Å². The lowest BCUT2D eigenvalue weighted by Gasteiger charge is -2.34. The van der Waals surface area contributed by atoms with E-state index >= 15 is 0 Å². The molecule has 0 atom stereocenters. The van der Waals surface area contributed by atoms with Crippen LogP contribution in [-0.2, 0) is 5.41 Å². The molecular weight excluding hydrogens is 763 g/mol. The van der Waals surface area contributed by atoms with Gasteiger partial charge in [-0.3, -0.25) is 0 Å². The lowest BCUT2D eigenvalue weighted by molar-refractivity contribution is 0.768. The first-order chi connectivity index (χ1) is 31.2. The van der Waals surface area contributed by atoms with E-state index in [1.54, 1.807) is 0 Å². The lowest BCUT2D eigenvalue weighted by Crippen LogP contribution is -2.28. The van der Waals surface area contributed by atoms with E-state index in [1.165, 1.54) is 44.5 Å². The SMILES string of the molecule is c1ccc(-c2nc(-c3ccc4cc(-c5cccc6c5-c5ccccc5C6(c5ccccc5)c5ccccc5)ccc4c3)nc(-c3c(-c4ccccc4)ccc4ccccc34)n2)cc1. The Balaban J connectivity index is 1.01. The summed E-state index contributed by atoms with van der Waals surface area (Å²) >= 11 is 0. The van der Waals surface area contributed by atoms with Crippen molar-refractivity contribution in [1.82, 2.24) is 15.0 Å². The van der Waals surface area contributed by atoms with Crippen LogP contribution in [0.4, 0.5) is 0 Å². The molecule has 11 aromatic rings. The third kappa shape index (κ3) is 6.01. The van der Waals surface area contributed by atoms with Crippen LogP contribution in [-0.4, -0.2) is 15.0 Å². The summed E-state index contributed by atoms with van der Waals surface area (Å²) in [5, 5.41) is 4.50. The van der Waals surface area contributed by atoms with E-state index in [-0.39, 0.29) is 0 Å². The Hall–Kier alpha value is -8.27. The van der Waals surface area contributed by atoms with E-state index in [4.69, 9.17) is 15.0 Å². The Bertz CT molecular complexity index is 3450. The molecule has 0 bridgehead atoms. The van der Waals surface area contributed by atoms with Crippen LogP contribution in [0.15, 0.2) is 237 Å². The molecule has 0 saturated heterocycles. The summed E-state index contributed by atoms with van der Waals surface area (Å²) in [5.41, 5.74) is 14.7. The Kier molecular flexibility index (Phi) is 8.72. The molecule has 12 rings (SSSR count). The number of nitrogens with zero attached hydrogens (tertiary/aromatic N) is 3. The molecular formula is C60H39N3. The third-order valence-electron chi connectivity index (χ3n) is 12.8. The number of aromatic nitrogens is 3. The second-order valence-electron chi connectivity index (χ2n) is 16.3. The van der Waals surface area contributed by atoms with Crippen molar-refractivity contribution in [1.29, 1.82) is 0 Å². The molecule has 1 aliphatic carbocycles. The fourth-order valence-corrected chi connectivity index (χ4v) is 9.99. The van der Waals surface area contributed by atoms with Crippen molar-refractivity contribution < 1.29 is 0 Å². The van der Waals surface area contributed by atoms with Crippen LogP contribution in [0.1, 0.15) is 22.3 Å². The molecule has 0 aliphatic heterocycles. The maximum Gasteiger partial charge on any atom is 0.165 e. The average molecular weight is 802 g/mol. The number of benzene rings is 10. The summed E-state index contributed by atoms with van der Waals surface area (Å²) in [7, 11) is 0. The van der Waals surface area contributed by atoms with Crippen LogP contribution in [0, 0.1) is 0 Å². The normalized spacial score (nSPS) is 12.6. The smallest absolute Gasteiger partial charge is 0.165 e. The van der Waals surface area contributed by atoms with E-state index in [1.807, 2.05) is 18.2 Å². The zero-order chi connectivity index (χ0) is 41.7. The summed E-state index contributed by atoms with van der Waals surface area (Å²) in [4.78, 5) is 15.7. The topological polar surface area (TPSA) is 38.7 Å². The van der Waals surface area contributed by atoms with Crippen molar-refractivity contribution in [3.8, 4) is 67.5 Å².